The lowest BCUT2D eigenvalue weighted by Gasteiger charge is -1.98. The average Bonchev–Trinajstić information content (AvgIpc) is 1.94. The molecule has 0 aliphatic carbocycles. The fourth-order valence-electron chi connectivity index (χ4n) is 0.591. The van der Waals surface area contributed by atoms with Crippen LogP contribution in [-0.2, 0) is 4.79 Å². The first-order valence-electron chi connectivity index (χ1n) is 2.70. The zero-order valence-corrected chi connectivity index (χ0v) is 5.85. The van der Waals surface area contributed by atoms with Crippen molar-refractivity contribution in [2.45, 2.75) is 0 Å². The summed E-state index contributed by atoms with van der Waals surface area (Å²) in [6.45, 7) is 0. The van der Waals surface area contributed by atoms with E-state index in [0.29, 0.717) is 17.1 Å². The second kappa shape index (κ2) is 3.22. The molecule has 0 saturated heterocycles. The summed E-state index contributed by atoms with van der Waals surface area (Å²) in [5.74, 6) is 0. The summed E-state index contributed by atoms with van der Waals surface area (Å²) < 4.78 is 0. The highest BCUT2D eigenvalue weighted by Gasteiger charge is 1.93. The Kier molecular flexibility index (Phi) is 2.29. The van der Waals surface area contributed by atoms with Crippen LogP contribution in [0.2, 0.25) is 5.02 Å². The third kappa shape index (κ3) is 1.48. The molecule has 0 bridgehead atoms. The Bertz CT molecular complexity index is 237. The molecule has 0 atom stereocenters. The molecule has 1 aromatic rings. The Labute approximate surface area is 63.8 Å². The van der Waals surface area contributed by atoms with E-state index < -0.39 is 0 Å². The van der Waals surface area contributed by atoms with Gasteiger partial charge in [-0.25, -0.2) is 0 Å². The van der Waals surface area contributed by atoms with Crippen LogP contribution in [0.1, 0.15) is 0 Å². The highest BCUT2D eigenvalue weighted by Crippen LogP contribution is 2.18. The number of rotatable bonds is 2. The Morgan fingerprint density at radius 2 is 2.50 bits per heavy atom. The van der Waals surface area contributed by atoms with Gasteiger partial charge in [0.1, 0.15) is 0 Å². The first-order chi connectivity index (χ1) is 4.84. The molecule has 1 rings (SSSR count). The lowest BCUT2D eigenvalue weighted by Crippen LogP contribution is -1.93. The van der Waals surface area contributed by atoms with Crippen molar-refractivity contribution in [2.75, 3.05) is 5.32 Å². The van der Waals surface area contributed by atoms with Crippen LogP contribution >= 0.6 is 11.6 Å². The molecule has 1 amide bonds. The first kappa shape index (κ1) is 7.09. The molecule has 0 spiro atoms. The van der Waals surface area contributed by atoms with Crippen LogP contribution < -0.4 is 5.32 Å². The van der Waals surface area contributed by atoms with E-state index >= 15 is 0 Å². The summed E-state index contributed by atoms with van der Waals surface area (Å²) in [7, 11) is 0. The summed E-state index contributed by atoms with van der Waals surface area (Å²) in [6.07, 6.45) is 0.585. The smallest absolute Gasteiger partial charge is 0.211 e. The van der Waals surface area contributed by atoms with Crippen molar-refractivity contribution < 1.29 is 4.79 Å². The van der Waals surface area contributed by atoms with Gasteiger partial charge in [-0.05, 0) is 18.2 Å². The highest BCUT2D eigenvalue weighted by atomic mass is 35.5. The Morgan fingerprint density at radius 3 is 3.10 bits per heavy atom. The van der Waals surface area contributed by atoms with Crippen LogP contribution in [0.4, 0.5) is 5.69 Å². The molecule has 3 heteroatoms. The SMILES string of the molecule is O=CNc1cc[c]cc1Cl. The Morgan fingerprint density at radius 1 is 1.70 bits per heavy atom. The molecule has 0 saturated carbocycles. The fourth-order valence-corrected chi connectivity index (χ4v) is 0.771. The van der Waals surface area contributed by atoms with Gasteiger partial charge in [0.15, 0.2) is 0 Å². The van der Waals surface area contributed by atoms with E-state index in [1.807, 2.05) is 0 Å². The highest BCUT2D eigenvalue weighted by molar-refractivity contribution is 6.33. The van der Waals surface area contributed by atoms with Gasteiger partial charge in [-0.2, -0.15) is 0 Å². The van der Waals surface area contributed by atoms with Crippen molar-refractivity contribution in [3.05, 3.63) is 29.3 Å². The Hall–Kier alpha value is -1.02. The second-order valence-electron chi connectivity index (χ2n) is 1.67. The van der Waals surface area contributed by atoms with Crippen LogP contribution in [0.25, 0.3) is 0 Å². The van der Waals surface area contributed by atoms with Gasteiger partial charge >= 0.3 is 0 Å². The number of carbonyl (C=O) groups excluding carboxylic acids is 1. The van der Waals surface area contributed by atoms with Gasteiger partial charge in [-0.1, -0.05) is 17.7 Å². The third-order valence-electron chi connectivity index (χ3n) is 1.03. The van der Waals surface area contributed by atoms with Gasteiger partial charge in [0, 0.05) is 0 Å². The number of carbonyl (C=O) groups is 1. The molecule has 0 aliphatic rings. The minimum atomic E-state index is 0.495. The van der Waals surface area contributed by atoms with Gasteiger partial charge < -0.3 is 5.32 Å². The lowest BCUT2D eigenvalue weighted by molar-refractivity contribution is -0.105. The monoisotopic (exact) mass is 154 g/mol. The normalized spacial score (nSPS) is 8.90. The van der Waals surface area contributed by atoms with Crippen molar-refractivity contribution in [1.29, 1.82) is 0 Å². The number of hydrogen-bond acceptors (Lipinski definition) is 1. The maximum Gasteiger partial charge on any atom is 0.211 e. The number of amides is 1. The standard InChI is InChI=1S/C7H5ClNO/c8-6-3-1-2-4-7(6)9-5-10/h2-5H,(H,9,10). The van der Waals surface area contributed by atoms with Gasteiger partial charge in [0.25, 0.3) is 0 Å². The van der Waals surface area contributed by atoms with Crippen LogP contribution in [0.15, 0.2) is 18.2 Å². The summed E-state index contributed by atoms with van der Waals surface area (Å²) in [6, 6.07) is 7.72. The minimum absolute atomic E-state index is 0.495. The maximum absolute atomic E-state index is 9.95. The van der Waals surface area contributed by atoms with Crippen molar-refractivity contribution in [3.8, 4) is 0 Å². The predicted octanol–water partition coefficient (Wildman–Crippen LogP) is 1.71. The van der Waals surface area contributed by atoms with Crippen molar-refractivity contribution >= 4 is 23.7 Å². The van der Waals surface area contributed by atoms with Crippen LogP contribution in [0, 0.1) is 6.07 Å². The number of hydrogen-bond donors (Lipinski definition) is 1. The van der Waals surface area contributed by atoms with Gasteiger partial charge in [-0.3, -0.25) is 4.79 Å². The summed E-state index contributed by atoms with van der Waals surface area (Å²) in [5.41, 5.74) is 0.607. The topological polar surface area (TPSA) is 29.1 Å². The van der Waals surface area contributed by atoms with E-state index in [1.165, 1.54) is 0 Å². The molecule has 1 aromatic carbocycles. The van der Waals surface area contributed by atoms with Gasteiger partial charge in [0.2, 0.25) is 6.41 Å². The molecular formula is C7H5ClNO. The molecule has 1 N–H and O–H groups in total. The quantitative estimate of drug-likeness (QED) is 0.646. The number of halogens is 1. The molecule has 10 heavy (non-hydrogen) atoms. The van der Waals surface area contributed by atoms with E-state index in [0.717, 1.165) is 0 Å². The minimum Gasteiger partial charge on any atom is -0.327 e. The van der Waals surface area contributed by atoms with Crippen LogP contribution in [-0.4, -0.2) is 6.41 Å². The van der Waals surface area contributed by atoms with E-state index in [9.17, 15) is 4.79 Å². The molecule has 0 aliphatic heterocycles. The first-order valence-corrected chi connectivity index (χ1v) is 3.08. The lowest BCUT2D eigenvalue weighted by atomic mass is 10.3. The van der Waals surface area contributed by atoms with Crippen LogP contribution in [0.3, 0.4) is 0 Å². The molecule has 0 unspecified atom stereocenters. The largest absolute Gasteiger partial charge is 0.327 e. The molecule has 1 radical (unpaired) electrons. The van der Waals surface area contributed by atoms with E-state index in [2.05, 4.69) is 11.4 Å². The molecule has 0 fully saturated rings. The Balaban J connectivity index is 2.91. The third-order valence-corrected chi connectivity index (χ3v) is 1.34. The maximum atomic E-state index is 9.95. The van der Waals surface area contributed by atoms with Crippen molar-refractivity contribution in [1.82, 2.24) is 0 Å². The molecule has 0 heterocycles. The van der Waals surface area contributed by atoms with E-state index in [-0.39, 0.29) is 0 Å². The second-order valence-corrected chi connectivity index (χ2v) is 2.08. The number of anilines is 1. The van der Waals surface area contributed by atoms with Crippen molar-refractivity contribution in [3.63, 3.8) is 0 Å². The van der Waals surface area contributed by atoms with E-state index in [1.54, 1.807) is 18.2 Å². The van der Waals surface area contributed by atoms with Crippen molar-refractivity contribution in [2.24, 2.45) is 0 Å². The van der Waals surface area contributed by atoms with E-state index in [4.69, 9.17) is 11.6 Å². The number of nitrogens with one attached hydrogen (secondary N) is 1. The zero-order valence-electron chi connectivity index (χ0n) is 5.10. The summed E-state index contributed by atoms with van der Waals surface area (Å²) >= 11 is 5.65. The van der Waals surface area contributed by atoms with Crippen LogP contribution in [0.5, 0.6) is 0 Å². The predicted molar refractivity (Wildman–Crippen MR) is 40.0 cm³/mol. The molecule has 51 valence electrons. The van der Waals surface area contributed by atoms with Gasteiger partial charge in [0.05, 0.1) is 10.7 Å². The number of benzene rings is 1. The fraction of sp³-hybridized carbons (Fsp3) is 0. The van der Waals surface area contributed by atoms with Gasteiger partial charge in [-0.15, -0.1) is 0 Å². The molecule has 2 nitrogen and oxygen atoms in total. The molecule has 0 aromatic heterocycles. The summed E-state index contributed by atoms with van der Waals surface area (Å²) in [5, 5.41) is 2.94. The zero-order chi connectivity index (χ0) is 7.40. The summed E-state index contributed by atoms with van der Waals surface area (Å²) in [4.78, 5) is 9.95. The average molecular weight is 155 g/mol. The molecular weight excluding hydrogens is 150 g/mol.